The molecule has 0 heterocycles. The fourth-order valence-corrected chi connectivity index (χ4v) is 0.906. The number of allylic oxidation sites excluding steroid dienone is 6. The predicted octanol–water partition coefficient (Wildman–Crippen LogP) is 3.15. The second kappa shape index (κ2) is 7.24. The van der Waals surface area contributed by atoms with Gasteiger partial charge in [-0.15, -0.1) is 0 Å². The van der Waals surface area contributed by atoms with Crippen molar-refractivity contribution in [2.24, 2.45) is 4.99 Å². The molecule has 0 fully saturated rings. The first-order valence-electron chi connectivity index (χ1n) is 4.71. The van der Waals surface area contributed by atoms with Gasteiger partial charge in [-0.3, -0.25) is 4.99 Å². The Labute approximate surface area is 96.8 Å². The Morgan fingerprint density at radius 1 is 1.44 bits per heavy atom. The van der Waals surface area contributed by atoms with Gasteiger partial charge >= 0.3 is 0 Å². The first kappa shape index (κ1) is 13.9. The maximum absolute atomic E-state index is 8.93. The van der Waals surface area contributed by atoms with E-state index >= 15 is 0 Å². The largest absolute Gasteiger partial charge is 0.500 e. The average Bonchev–Trinajstić information content (AvgIpc) is 2.31. The molecule has 0 rings (SSSR count). The molecule has 0 aliphatic rings. The zero-order chi connectivity index (χ0) is 12.6. The summed E-state index contributed by atoms with van der Waals surface area (Å²) >= 11 is 0. The van der Waals surface area contributed by atoms with Crippen molar-refractivity contribution in [2.45, 2.75) is 13.8 Å². The zero-order valence-corrected chi connectivity index (χ0v) is 9.95. The van der Waals surface area contributed by atoms with Crippen molar-refractivity contribution in [1.82, 2.24) is 0 Å². The van der Waals surface area contributed by atoms with Gasteiger partial charge in [-0.05, 0) is 43.9 Å². The second-order valence-electron chi connectivity index (χ2n) is 3.14. The molecule has 0 aromatic rings. The van der Waals surface area contributed by atoms with Gasteiger partial charge in [0.2, 0.25) is 0 Å². The van der Waals surface area contributed by atoms with Crippen molar-refractivity contribution >= 4 is 6.72 Å². The van der Waals surface area contributed by atoms with Gasteiger partial charge in [0, 0.05) is 6.20 Å². The Morgan fingerprint density at radius 3 is 2.50 bits per heavy atom. The second-order valence-corrected chi connectivity index (χ2v) is 3.14. The predicted molar refractivity (Wildman–Crippen MR) is 66.9 cm³/mol. The van der Waals surface area contributed by atoms with Crippen molar-refractivity contribution in [1.29, 1.82) is 5.26 Å². The minimum Gasteiger partial charge on any atom is -0.500 e. The van der Waals surface area contributed by atoms with Gasteiger partial charge in [0.15, 0.2) is 0 Å². The molecular weight excluding hydrogens is 200 g/mol. The molecule has 0 aliphatic heterocycles. The van der Waals surface area contributed by atoms with Gasteiger partial charge in [-0.25, -0.2) is 0 Å². The molecule has 0 N–H and O–H groups in total. The van der Waals surface area contributed by atoms with E-state index < -0.39 is 0 Å². The van der Waals surface area contributed by atoms with Crippen LogP contribution in [0.4, 0.5) is 0 Å². The lowest BCUT2D eigenvalue weighted by atomic mass is 10.1. The summed E-state index contributed by atoms with van der Waals surface area (Å²) in [6.07, 6.45) is 5.02. The van der Waals surface area contributed by atoms with Crippen LogP contribution in [0.3, 0.4) is 0 Å². The number of hydrogen-bond donors (Lipinski definition) is 0. The third-order valence-electron chi connectivity index (χ3n) is 2.05. The topological polar surface area (TPSA) is 45.4 Å². The highest BCUT2D eigenvalue weighted by Gasteiger charge is 2.00. The molecule has 0 unspecified atom stereocenters. The minimum atomic E-state index is 0.487. The van der Waals surface area contributed by atoms with Crippen LogP contribution in [0, 0.1) is 11.3 Å². The minimum absolute atomic E-state index is 0.487. The Morgan fingerprint density at radius 2 is 2.06 bits per heavy atom. The molecule has 0 spiro atoms. The van der Waals surface area contributed by atoms with Gasteiger partial charge in [-0.2, -0.15) is 5.26 Å². The maximum atomic E-state index is 8.93. The van der Waals surface area contributed by atoms with E-state index in [9.17, 15) is 0 Å². The summed E-state index contributed by atoms with van der Waals surface area (Å²) in [5.41, 5.74) is 2.15. The molecule has 3 nitrogen and oxygen atoms in total. The van der Waals surface area contributed by atoms with Crippen molar-refractivity contribution in [3.63, 3.8) is 0 Å². The van der Waals surface area contributed by atoms with Gasteiger partial charge in [-0.1, -0.05) is 6.58 Å². The standard InChI is InChI=1S/C13H16N2O/c1-10(6-7-15-4)11(2)8-13(9-14)12(3)16-5/h6-8H,1,4H2,2-3,5H3. The first-order valence-corrected chi connectivity index (χ1v) is 4.71. The highest BCUT2D eigenvalue weighted by Crippen LogP contribution is 2.14. The lowest BCUT2D eigenvalue weighted by molar-refractivity contribution is 0.291. The molecule has 0 atom stereocenters. The zero-order valence-electron chi connectivity index (χ0n) is 9.95. The van der Waals surface area contributed by atoms with Crippen LogP contribution >= 0.6 is 0 Å². The maximum Gasteiger partial charge on any atom is 0.110 e. The van der Waals surface area contributed by atoms with Gasteiger partial charge < -0.3 is 4.74 Å². The van der Waals surface area contributed by atoms with Crippen molar-refractivity contribution in [3.05, 3.63) is 47.4 Å². The van der Waals surface area contributed by atoms with E-state index in [0.717, 1.165) is 11.1 Å². The van der Waals surface area contributed by atoms with Gasteiger partial charge in [0.25, 0.3) is 0 Å². The van der Waals surface area contributed by atoms with E-state index in [4.69, 9.17) is 10.00 Å². The van der Waals surface area contributed by atoms with E-state index in [1.54, 1.807) is 25.3 Å². The molecule has 0 saturated carbocycles. The third-order valence-corrected chi connectivity index (χ3v) is 2.05. The molecule has 0 amide bonds. The number of hydrogen-bond acceptors (Lipinski definition) is 3. The Balaban J connectivity index is 5.04. The van der Waals surface area contributed by atoms with Crippen LogP contribution in [0.25, 0.3) is 0 Å². The molecule has 0 radical (unpaired) electrons. The van der Waals surface area contributed by atoms with E-state index in [0.29, 0.717) is 11.3 Å². The van der Waals surface area contributed by atoms with Crippen LogP contribution < -0.4 is 0 Å². The molecule has 16 heavy (non-hydrogen) atoms. The van der Waals surface area contributed by atoms with Crippen molar-refractivity contribution in [3.8, 4) is 6.07 Å². The SMILES string of the molecule is C=NC=CC(=C)C(C)=CC(C#N)=C(C)OC. The van der Waals surface area contributed by atoms with Crippen LogP contribution in [0.2, 0.25) is 0 Å². The fraction of sp³-hybridized carbons (Fsp3) is 0.231. The highest BCUT2D eigenvalue weighted by atomic mass is 16.5. The van der Waals surface area contributed by atoms with Crippen molar-refractivity contribution < 1.29 is 4.74 Å². The highest BCUT2D eigenvalue weighted by molar-refractivity contribution is 5.45. The summed E-state index contributed by atoms with van der Waals surface area (Å²) in [5, 5.41) is 8.93. The van der Waals surface area contributed by atoms with Crippen LogP contribution in [0.5, 0.6) is 0 Å². The lowest BCUT2D eigenvalue weighted by Crippen LogP contribution is -1.88. The third kappa shape index (κ3) is 4.43. The van der Waals surface area contributed by atoms with E-state index in [2.05, 4.69) is 24.4 Å². The molecule has 0 aliphatic carbocycles. The summed E-state index contributed by atoms with van der Waals surface area (Å²) in [7, 11) is 1.53. The summed E-state index contributed by atoms with van der Waals surface area (Å²) in [5.74, 6) is 0.584. The Kier molecular flexibility index (Phi) is 6.30. The molecule has 0 saturated heterocycles. The average molecular weight is 216 g/mol. The summed E-state index contributed by atoms with van der Waals surface area (Å²) in [6.45, 7) is 10.8. The molecule has 0 bridgehead atoms. The van der Waals surface area contributed by atoms with Gasteiger partial charge in [0.05, 0.1) is 12.7 Å². The normalized spacial score (nSPS) is 13.0. The molecule has 3 heteroatoms. The van der Waals surface area contributed by atoms with Gasteiger partial charge in [0.1, 0.15) is 11.8 Å². The van der Waals surface area contributed by atoms with Crippen molar-refractivity contribution in [2.75, 3.05) is 7.11 Å². The summed E-state index contributed by atoms with van der Waals surface area (Å²) in [4.78, 5) is 3.59. The van der Waals surface area contributed by atoms with E-state index in [1.807, 2.05) is 6.92 Å². The van der Waals surface area contributed by atoms with E-state index in [-0.39, 0.29) is 0 Å². The number of aliphatic imine (C=N–C) groups is 1. The van der Waals surface area contributed by atoms with Crippen LogP contribution in [0.1, 0.15) is 13.8 Å². The number of nitrogens with zero attached hydrogens (tertiary/aromatic N) is 2. The number of rotatable bonds is 5. The van der Waals surface area contributed by atoms with Crippen LogP contribution in [0.15, 0.2) is 52.4 Å². The summed E-state index contributed by atoms with van der Waals surface area (Å²) in [6, 6.07) is 2.07. The number of ether oxygens (including phenoxy) is 1. The van der Waals surface area contributed by atoms with Crippen LogP contribution in [-0.2, 0) is 4.74 Å². The smallest absolute Gasteiger partial charge is 0.110 e. The van der Waals surface area contributed by atoms with Crippen LogP contribution in [-0.4, -0.2) is 13.8 Å². The van der Waals surface area contributed by atoms with E-state index in [1.165, 1.54) is 7.11 Å². The quantitative estimate of drug-likeness (QED) is 0.307. The Hall–Kier alpha value is -2.08. The molecule has 0 aromatic heterocycles. The fourth-order valence-electron chi connectivity index (χ4n) is 0.906. The first-order chi connectivity index (χ1) is 7.56. The molecule has 0 aromatic carbocycles. The number of nitriles is 1. The lowest BCUT2D eigenvalue weighted by Gasteiger charge is -2.02. The monoisotopic (exact) mass is 216 g/mol. The number of methoxy groups -OCH3 is 1. The molecule has 84 valence electrons. The molecular formula is C13H16N2O. The summed E-state index contributed by atoms with van der Waals surface area (Å²) < 4.78 is 5.00. The Bertz CT molecular complexity index is 406.